The Balaban J connectivity index is 2.19. The van der Waals surface area contributed by atoms with E-state index in [9.17, 15) is 4.79 Å². The van der Waals surface area contributed by atoms with Crippen molar-refractivity contribution in [2.24, 2.45) is 5.92 Å². The number of aryl methyl sites for hydroxylation is 1. The molecule has 4 nitrogen and oxygen atoms in total. The molecule has 4 heteroatoms. The molecule has 0 fully saturated rings. The third-order valence-corrected chi connectivity index (χ3v) is 2.64. The van der Waals surface area contributed by atoms with E-state index in [1.54, 1.807) is 6.08 Å². The Morgan fingerprint density at radius 1 is 1.56 bits per heavy atom. The van der Waals surface area contributed by atoms with Crippen molar-refractivity contribution in [3.8, 4) is 0 Å². The molecule has 18 heavy (non-hydrogen) atoms. The summed E-state index contributed by atoms with van der Waals surface area (Å²) in [5.74, 6) is 1.67. The average Bonchev–Trinajstić information content (AvgIpc) is 2.77. The van der Waals surface area contributed by atoms with Crippen LogP contribution >= 0.6 is 0 Å². The molecule has 0 spiro atoms. The van der Waals surface area contributed by atoms with Crippen molar-refractivity contribution in [3.05, 3.63) is 29.7 Å². The molecule has 0 bridgehead atoms. The van der Waals surface area contributed by atoms with Crippen LogP contribution in [0.15, 0.2) is 22.6 Å². The second kappa shape index (κ2) is 7.71. The average molecular weight is 251 g/mol. The quantitative estimate of drug-likeness (QED) is 0.576. The van der Waals surface area contributed by atoms with E-state index in [1.807, 2.05) is 26.0 Å². The highest BCUT2D eigenvalue weighted by molar-refractivity contribution is 5.91. The lowest BCUT2D eigenvalue weighted by molar-refractivity contribution is -0.116. The van der Waals surface area contributed by atoms with Gasteiger partial charge in [-0.05, 0) is 43.9 Å². The first-order chi connectivity index (χ1) is 8.61. The summed E-state index contributed by atoms with van der Waals surface area (Å²) in [4.78, 5) is 11.4. The predicted molar refractivity (Wildman–Crippen MR) is 71.0 cm³/mol. The zero-order valence-electron chi connectivity index (χ0n) is 11.0. The fraction of sp³-hybridized carbons (Fsp3) is 0.500. The summed E-state index contributed by atoms with van der Waals surface area (Å²) in [6, 6.07) is 3.68. The molecule has 1 amide bonds. The molecule has 0 saturated carbocycles. The van der Waals surface area contributed by atoms with Crippen molar-refractivity contribution >= 4 is 12.0 Å². The van der Waals surface area contributed by atoms with Gasteiger partial charge in [-0.25, -0.2) is 0 Å². The normalized spacial score (nSPS) is 12.8. The summed E-state index contributed by atoms with van der Waals surface area (Å²) in [7, 11) is 0. The number of hydrogen-bond donors (Lipinski definition) is 2. The summed E-state index contributed by atoms with van der Waals surface area (Å²) in [5, 5.41) is 11.6. The monoisotopic (exact) mass is 251 g/mol. The molecular formula is C14H21NO3. The topological polar surface area (TPSA) is 62.5 Å². The second-order valence-corrected chi connectivity index (χ2v) is 4.50. The van der Waals surface area contributed by atoms with Crippen LogP contribution in [-0.4, -0.2) is 24.2 Å². The zero-order chi connectivity index (χ0) is 13.4. The Labute approximate surface area is 108 Å². The third-order valence-electron chi connectivity index (χ3n) is 2.64. The van der Waals surface area contributed by atoms with Crippen LogP contribution in [0.1, 0.15) is 31.3 Å². The summed E-state index contributed by atoms with van der Waals surface area (Å²) in [6.45, 7) is 4.68. The van der Waals surface area contributed by atoms with Crippen LogP contribution in [0.2, 0.25) is 0 Å². The summed E-state index contributed by atoms with van der Waals surface area (Å²) < 4.78 is 5.31. The molecule has 1 heterocycles. The first kappa shape index (κ1) is 14.5. The van der Waals surface area contributed by atoms with Crippen LogP contribution in [0.5, 0.6) is 0 Å². The van der Waals surface area contributed by atoms with Crippen LogP contribution in [0.25, 0.3) is 6.08 Å². The SMILES string of the molecule is Cc1ccc(/C=C/C(=O)NCCCC(C)CO)o1. The zero-order valence-corrected chi connectivity index (χ0v) is 11.0. The van der Waals surface area contributed by atoms with E-state index in [-0.39, 0.29) is 12.5 Å². The lowest BCUT2D eigenvalue weighted by atomic mass is 10.1. The fourth-order valence-corrected chi connectivity index (χ4v) is 1.51. The van der Waals surface area contributed by atoms with Gasteiger partial charge in [-0.2, -0.15) is 0 Å². The maximum absolute atomic E-state index is 11.4. The standard InChI is InChI=1S/C14H21NO3/c1-11(10-16)4-3-9-15-14(17)8-7-13-6-5-12(2)18-13/h5-8,11,16H,3-4,9-10H2,1-2H3,(H,15,17)/b8-7+. The highest BCUT2D eigenvalue weighted by Crippen LogP contribution is 2.07. The van der Waals surface area contributed by atoms with Crippen LogP contribution in [0, 0.1) is 12.8 Å². The highest BCUT2D eigenvalue weighted by atomic mass is 16.3. The number of hydrogen-bond acceptors (Lipinski definition) is 3. The molecule has 0 aliphatic carbocycles. The molecule has 1 aromatic rings. The van der Waals surface area contributed by atoms with Gasteiger partial charge < -0.3 is 14.8 Å². The molecule has 0 aliphatic heterocycles. The van der Waals surface area contributed by atoms with Crippen molar-refractivity contribution < 1.29 is 14.3 Å². The van der Waals surface area contributed by atoms with E-state index in [1.165, 1.54) is 6.08 Å². The van der Waals surface area contributed by atoms with E-state index in [0.717, 1.165) is 18.6 Å². The van der Waals surface area contributed by atoms with Crippen molar-refractivity contribution in [2.45, 2.75) is 26.7 Å². The van der Waals surface area contributed by atoms with Crippen molar-refractivity contribution in [1.82, 2.24) is 5.32 Å². The van der Waals surface area contributed by atoms with Gasteiger partial charge in [0.05, 0.1) is 0 Å². The second-order valence-electron chi connectivity index (χ2n) is 4.50. The predicted octanol–water partition coefficient (Wildman–Crippen LogP) is 2.13. The van der Waals surface area contributed by atoms with Crippen molar-refractivity contribution in [1.29, 1.82) is 0 Å². The minimum absolute atomic E-state index is 0.124. The van der Waals surface area contributed by atoms with Crippen molar-refractivity contribution in [3.63, 3.8) is 0 Å². The number of aliphatic hydroxyl groups is 1. The molecule has 0 saturated heterocycles. The van der Waals surface area contributed by atoms with Gasteiger partial charge in [-0.1, -0.05) is 6.92 Å². The van der Waals surface area contributed by atoms with Gasteiger partial charge in [0.2, 0.25) is 5.91 Å². The Bertz CT molecular complexity index is 395. The Kier molecular flexibility index (Phi) is 6.22. The van der Waals surface area contributed by atoms with Crippen LogP contribution in [-0.2, 0) is 4.79 Å². The van der Waals surface area contributed by atoms with Gasteiger partial charge in [0.25, 0.3) is 0 Å². The summed E-state index contributed by atoms with van der Waals surface area (Å²) in [6.07, 6.45) is 4.91. The molecule has 0 aromatic carbocycles. The first-order valence-electron chi connectivity index (χ1n) is 6.25. The minimum Gasteiger partial charge on any atom is -0.462 e. The maximum Gasteiger partial charge on any atom is 0.244 e. The van der Waals surface area contributed by atoms with Crippen LogP contribution in [0.4, 0.5) is 0 Å². The molecule has 0 aliphatic rings. The fourth-order valence-electron chi connectivity index (χ4n) is 1.51. The van der Waals surface area contributed by atoms with Crippen LogP contribution in [0.3, 0.4) is 0 Å². The van der Waals surface area contributed by atoms with E-state index >= 15 is 0 Å². The summed E-state index contributed by atoms with van der Waals surface area (Å²) in [5.41, 5.74) is 0. The molecule has 2 N–H and O–H groups in total. The molecule has 100 valence electrons. The largest absolute Gasteiger partial charge is 0.462 e. The molecule has 0 radical (unpaired) electrons. The number of amides is 1. The summed E-state index contributed by atoms with van der Waals surface area (Å²) >= 11 is 0. The van der Waals surface area contributed by atoms with Crippen molar-refractivity contribution in [2.75, 3.05) is 13.2 Å². The Morgan fingerprint density at radius 3 is 2.94 bits per heavy atom. The smallest absolute Gasteiger partial charge is 0.244 e. The van der Waals surface area contributed by atoms with E-state index in [0.29, 0.717) is 18.2 Å². The first-order valence-corrected chi connectivity index (χ1v) is 6.25. The number of aliphatic hydroxyl groups excluding tert-OH is 1. The van der Waals surface area contributed by atoms with Gasteiger partial charge in [0, 0.05) is 19.2 Å². The van der Waals surface area contributed by atoms with Gasteiger partial charge in [0.1, 0.15) is 11.5 Å². The van der Waals surface area contributed by atoms with Gasteiger partial charge in [-0.3, -0.25) is 4.79 Å². The Hall–Kier alpha value is -1.55. The minimum atomic E-state index is -0.124. The lowest BCUT2D eigenvalue weighted by Gasteiger charge is -2.07. The van der Waals surface area contributed by atoms with Gasteiger partial charge in [-0.15, -0.1) is 0 Å². The molecule has 1 atom stereocenters. The maximum atomic E-state index is 11.4. The number of nitrogens with one attached hydrogen (secondary N) is 1. The number of carbonyl (C=O) groups is 1. The number of furan rings is 1. The highest BCUT2D eigenvalue weighted by Gasteiger charge is 2.00. The van der Waals surface area contributed by atoms with Crippen LogP contribution < -0.4 is 5.32 Å². The Morgan fingerprint density at radius 2 is 2.33 bits per heavy atom. The van der Waals surface area contributed by atoms with Gasteiger partial charge >= 0.3 is 0 Å². The molecular weight excluding hydrogens is 230 g/mol. The number of carbonyl (C=O) groups excluding carboxylic acids is 1. The third kappa shape index (κ3) is 5.68. The molecule has 1 unspecified atom stereocenters. The van der Waals surface area contributed by atoms with E-state index in [2.05, 4.69) is 5.32 Å². The van der Waals surface area contributed by atoms with Gasteiger partial charge in [0.15, 0.2) is 0 Å². The number of rotatable bonds is 7. The molecule has 1 aromatic heterocycles. The van der Waals surface area contributed by atoms with E-state index in [4.69, 9.17) is 9.52 Å². The molecule has 1 rings (SSSR count). The lowest BCUT2D eigenvalue weighted by Crippen LogP contribution is -2.22. The van der Waals surface area contributed by atoms with E-state index < -0.39 is 0 Å².